The Balaban J connectivity index is 1.96. The number of unbranched alkanes of at least 4 members (excludes halogenated alkanes) is 1. The van der Waals surface area contributed by atoms with Crippen LogP contribution in [-0.4, -0.2) is 40.2 Å². The van der Waals surface area contributed by atoms with Crippen molar-refractivity contribution in [3.05, 3.63) is 47.6 Å². The molecule has 29 heavy (non-hydrogen) atoms. The van der Waals surface area contributed by atoms with Crippen LogP contribution in [0.1, 0.15) is 56.6 Å². The number of carbonyl (C=O) groups excluding carboxylic acids is 3. The fraction of sp³-hybridized carbons (Fsp3) is 0.364. The molecule has 2 rings (SSSR count). The van der Waals surface area contributed by atoms with Gasteiger partial charge in [-0.15, -0.1) is 0 Å². The Kier molecular flexibility index (Phi) is 7.88. The summed E-state index contributed by atoms with van der Waals surface area (Å²) >= 11 is 0. The number of carboxylic acid groups (broad SMARTS) is 1. The molecule has 7 nitrogen and oxygen atoms in total. The quantitative estimate of drug-likeness (QED) is 0.357. The van der Waals surface area contributed by atoms with Gasteiger partial charge >= 0.3 is 5.97 Å². The second kappa shape index (κ2) is 10.4. The van der Waals surface area contributed by atoms with Gasteiger partial charge in [-0.2, -0.15) is 0 Å². The van der Waals surface area contributed by atoms with E-state index in [0.717, 1.165) is 23.0 Å². The van der Waals surface area contributed by atoms with E-state index in [1.807, 2.05) is 12.1 Å². The number of imide groups is 1. The molecule has 2 N–H and O–H groups in total. The number of amides is 3. The lowest BCUT2D eigenvalue weighted by atomic mass is 9.95. The average molecular weight is 398 g/mol. The second-order valence-corrected chi connectivity index (χ2v) is 6.99. The van der Waals surface area contributed by atoms with Gasteiger partial charge in [0.05, 0.1) is 0 Å². The third-order valence-corrected chi connectivity index (χ3v) is 4.85. The number of aliphatic carboxylic acids is 1. The second-order valence-electron chi connectivity index (χ2n) is 6.99. The summed E-state index contributed by atoms with van der Waals surface area (Å²) in [6.45, 7) is 4.42. The van der Waals surface area contributed by atoms with E-state index in [1.165, 1.54) is 18.2 Å². The van der Waals surface area contributed by atoms with Gasteiger partial charge in [-0.3, -0.25) is 19.3 Å². The molecule has 0 saturated heterocycles. The summed E-state index contributed by atoms with van der Waals surface area (Å²) < 4.78 is 0. The smallest absolute Gasteiger partial charge is 0.328 e. The van der Waals surface area contributed by atoms with Gasteiger partial charge in [0.2, 0.25) is 5.91 Å². The van der Waals surface area contributed by atoms with Crippen LogP contribution in [0.5, 0.6) is 0 Å². The van der Waals surface area contributed by atoms with Gasteiger partial charge in [-0.25, -0.2) is 4.79 Å². The van der Waals surface area contributed by atoms with Crippen molar-refractivity contribution < 1.29 is 24.3 Å². The van der Waals surface area contributed by atoms with Crippen LogP contribution in [0.15, 0.2) is 36.4 Å². The van der Waals surface area contributed by atoms with Gasteiger partial charge in [0, 0.05) is 36.9 Å². The molecule has 1 atom stereocenters. The van der Waals surface area contributed by atoms with Gasteiger partial charge in [0.15, 0.2) is 0 Å². The Morgan fingerprint density at radius 3 is 2.48 bits per heavy atom. The van der Waals surface area contributed by atoms with Crippen LogP contribution in [0.3, 0.4) is 0 Å². The fourth-order valence-electron chi connectivity index (χ4n) is 3.02. The van der Waals surface area contributed by atoms with Crippen molar-refractivity contribution in [3.8, 4) is 0 Å². The average Bonchev–Trinajstić information content (AvgIpc) is 3.01. The molecule has 0 aromatic heterocycles. The molecule has 1 aromatic carbocycles. The van der Waals surface area contributed by atoms with Gasteiger partial charge < -0.3 is 10.4 Å². The Labute approximate surface area is 170 Å². The molecule has 0 spiro atoms. The number of benzene rings is 1. The molecule has 7 heteroatoms. The molecule has 0 fully saturated rings. The number of rotatable bonds is 10. The van der Waals surface area contributed by atoms with E-state index in [4.69, 9.17) is 5.11 Å². The highest BCUT2D eigenvalue weighted by Gasteiger charge is 2.22. The fourth-order valence-corrected chi connectivity index (χ4v) is 3.02. The zero-order chi connectivity index (χ0) is 21.4. The van der Waals surface area contributed by atoms with E-state index in [9.17, 15) is 19.2 Å². The van der Waals surface area contributed by atoms with Gasteiger partial charge in [-0.05, 0) is 48.4 Å². The number of carbonyl (C=O) groups is 4. The molecule has 1 aliphatic heterocycles. The summed E-state index contributed by atoms with van der Waals surface area (Å²) in [4.78, 5) is 47.3. The monoisotopic (exact) mass is 398 g/mol. The molecule has 154 valence electrons. The lowest BCUT2D eigenvalue weighted by Crippen LogP contribution is -2.31. The molecule has 1 heterocycles. The molecule has 1 unspecified atom stereocenters. The van der Waals surface area contributed by atoms with E-state index in [2.05, 4.69) is 19.2 Å². The third-order valence-electron chi connectivity index (χ3n) is 4.85. The topological polar surface area (TPSA) is 104 Å². The van der Waals surface area contributed by atoms with E-state index < -0.39 is 5.97 Å². The zero-order valence-electron chi connectivity index (χ0n) is 16.7. The Morgan fingerprint density at radius 1 is 1.17 bits per heavy atom. The molecule has 0 bridgehead atoms. The minimum Gasteiger partial charge on any atom is -0.478 e. The molecular formula is C22H26N2O5. The van der Waals surface area contributed by atoms with Gasteiger partial charge in [0.1, 0.15) is 0 Å². The van der Waals surface area contributed by atoms with Crippen molar-refractivity contribution >= 4 is 35.5 Å². The molecular weight excluding hydrogens is 372 g/mol. The maximum atomic E-state index is 12.4. The predicted octanol–water partition coefficient (Wildman–Crippen LogP) is 3.33. The van der Waals surface area contributed by atoms with Crippen LogP contribution >= 0.6 is 0 Å². The SMILES string of the molecule is CCC(C)c1ccc(/C=C/C(=O)O)cc1NC(=O)CCCCN1C(=O)C=CC1=O. The minimum absolute atomic E-state index is 0.161. The number of nitrogens with one attached hydrogen (secondary N) is 1. The highest BCUT2D eigenvalue weighted by atomic mass is 16.4. The summed E-state index contributed by atoms with van der Waals surface area (Å²) in [6.07, 6.45) is 7.29. The number of nitrogens with zero attached hydrogens (tertiary/aromatic N) is 1. The van der Waals surface area contributed by atoms with Crippen molar-refractivity contribution in [2.75, 3.05) is 11.9 Å². The Morgan fingerprint density at radius 2 is 1.86 bits per heavy atom. The summed E-state index contributed by atoms with van der Waals surface area (Å²) in [7, 11) is 0. The van der Waals surface area contributed by atoms with Crippen LogP contribution in [0.2, 0.25) is 0 Å². The standard InChI is InChI=1S/C22H26N2O5/c1-3-15(2)17-9-7-16(8-12-22(28)29)14-18(17)23-19(25)6-4-5-13-24-20(26)10-11-21(24)27/h7-12,14-15H,3-6,13H2,1-2H3,(H,23,25)(H,28,29)/b12-8+. The van der Waals surface area contributed by atoms with Crippen LogP contribution in [0, 0.1) is 0 Å². The van der Waals surface area contributed by atoms with Crippen LogP contribution in [0.4, 0.5) is 5.69 Å². The zero-order valence-corrected chi connectivity index (χ0v) is 16.7. The summed E-state index contributed by atoms with van der Waals surface area (Å²) in [6, 6.07) is 5.50. The summed E-state index contributed by atoms with van der Waals surface area (Å²) in [5.74, 6) is -1.59. The first kappa shape index (κ1) is 22.1. The molecule has 0 aliphatic carbocycles. The Bertz CT molecular complexity index is 839. The maximum absolute atomic E-state index is 12.4. The predicted molar refractivity (Wildman–Crippen MR) is 110 cm³/mol. The molecule has 0 saturated carbocycles. The highest BCUT2D eigenvalue weighted by molar-refractivity contribution is 6.12. The molecule has 3 amide bonds. The normalized spacial score (nSPS) is 14.6. The van der Waals surface area contributed by atoms with Crippen LogP contribution in [-0.2, 0) is 19.2 Å². The van der Waals surface area contributed by atoms with Crippen molar-refractivity contribution in [1.82, 2.24) is 4.90 Å². The minimum atomic E-state index is -1.04. The maximum Gasteiger partial charge on any atom is 0.328 e. The highest BCUT2D eigenvalue weighted by Crippen LogP contribution is 2.28. The van der Waals surface area contributed by atoms with Gasteiger partial charge in [0.25, 0.3) is 11.8 Å². The van der Waals surface area contributed by atoms with Crippen molar-refractivity contribution in [3.63, 3.8) is 0 Å². The number of carboxylic acids is 1. The number of anilines is 1. The number of hydrogen-bond donors (Lipinski definition) is 2. The van der Waals surface area contributed by atoms with E-state index >= 15 is 0 Å². The van der Waals surface area contributed by atoms with E-state index in [1.54, 1.807) is 6.07 Å². The van der Waals surface area contributed by atoms with Crippen molar-refractivity contribution in [2.24, 2.45) is 0 Å². The third kappa shape index (κ3) is 6.41. The van der Waals surface area contributed by atoms with Crippen LogP contribution in [0.25, 0.3) is 6.08 Å². The lowest BCUT2D eigenvalue weighted by Gasteiger charge is -2.17. The van der Waals surface area contributed by atoms with Crippen molar-refractivity contribution in [1.29, 1.82) is 0 Å². The molecule has 0 radical (unpaired) electrons. The van der Waals surface area contributed by atoms with Crippen molar-refractivity contribution in [2.45, 2.75) is 45.4 Å². The summed E-state index contributed by atoms with van der Waals surface area (Å²) in [5, 5.41) is 11.7. The molecule has 1 aromatic rings. The first-order chi connectivity index (χ1) is 13.8. The first-order valence-corrected chi connectivity index (χ1v) is 9.70. The van der Waals surface area contributed by atoms with E-state index in [0.29, 0.717) is 30.6 Å². The van der Waals surface area contributed by atoms with E-state index in [-0.39, 0.29) is 30.1 Å². The largest absolute Gasteiger partial charge is 0.478 e. The molecule has 1 aliphatic rings. The number of hydrogen-bond acceptors (Lipinski definition) is 4. The van der Waals surface area contributed by atoms with Gasteiger partial charge in [-0.1, -0.05) is 26.0 Å². The lowest BCUT2D eigenvalue weighted by molar-refractivity contribution is -0.137. The van der Waals surface area contributed by atoms with Crippen LogP contribution < -0.4 is 5.32 Å². The first-order valence-electron chi connectivity index (χ1n) is 9.70. The summed E-state index contributed by atoms with van der Waals surface area (Å²) in [5.41, 5.74) is 2.35. The Hall–Kier alpha value is -3.22.